The SMILES string of the molecule is CCOC(=O)c1ccc(Oc2ccc(C3(C)CC3)cc2C)cc1. The zero-order chi connectivity index (χ0) is 16.4. The molecule has 0 aliphatic heterocycles. The Hall–Kier alpha value is -2.29. The molecule has 0 bridgehead atoms. The van der Waals surface area contributed by atoms with Crippen LogP contribution in [0.2, 0.25) is 0 Å². The van der Waals surface area contributed by atoms with Crippen LogP contribution >= 0.6 is 0 Å². The zero-order valence-electron chi connectivity index (χ0n) is 13.9. The molecule has 0 spiro atoms. The van der Waals surface area contributed by atoms with Gasteiger partial charge in [-0.1, -0.05) is 19.1 Å². The molecule has 1 aliphatic rings. The molecular formula is C20H22O3. The maximum atomic E-state index is 11.6. The quantitative estimate of drug-likeness (QED) is 0.728. The Bertz CT molecular complexity index is 712. The Morgan fingerprint density at radius 2 is 1.83 bits per heavy atom. The number of rotatable bonds is 5. The first-order chi connectivity index (χ1) is 11.0. The summed E-state index contributed by atoms with van der Waals surface area (Å²) in [6.07, 6.45) is 2.53. The van der Waals surface area contributed by atoms with Gasteiger partial charge >= 0.3 is 5.97 Å². The molecular weight excluding hydrogens is 288 g/mol. The van der Waals surface area contributed by atoms with E-state index >= 15 is 0 Å². The van der Waals surface area contributed by atoms with Gasteiger partial charge in [0.25, 0.3) is 0 Å². The average molecular weight is 310 g/mol. The third-order valence-corrected chi connectivity index (χ3v) is 4.47. The van der Waals surface area contributed by atoms with Gasteiger partial charge in [0.1, 0.15) is 11.5 Å². The van der Waals surface area contributed by atoms with E-state index in [1.807, 2.05) is 6.07 Å². The fourth-order valence-electron chi connectivity index (χ4n) is 2.62. The molecule has 1 aliphatic carbocycles. The number of hydrogen-bond acceptors (Lipinski definition) is 3. The Morgan fingerprint density at radius 3 is 2.39 bits per heavy atom. The summed E-state index contributed by atoms with van der Waals surface area (Å²) >= 11 is 0. The predicted molar refractivity (Wildman–Crippen MR) is 90.2 cm³/mol. The molecule has 0 N–H and O–H groups in total. The summed E-state index contributed by atoms with van der Waals surface area (Å²) in [4.78, 5) is 11.6. The molecule has 3 rings (SSSR count). The smallest absolute Gasteiger partial charge is 0.338 e. The van der Waals surface area contributed by atoms with Gasteiger partial charge in [0.05, 0.1) is 12.2 Å². The minimum absolute atomic E-state index is 0.308. The number of aryl methyl sites for hydroxylation is 1. The summed E-state index contributed by atoms with van der Waals surface area (Å²) in [5.74, 6) is 1.26. The normalized spacial score (nSPS) is 15.1. The fourth-order valence-corrected chi connectivity index (χ4v) is 2.62. The predicted octanol–water partition coefficient (Wildman–Crippen LogP) is 5.02. The molecule has 0 amide bonds. The fraction of sp³-hybridized carbons (Fsp3) is 0.350. The van der Waals surface area contributed by atoms with E-state index in [-0.39, 0.29) is 5.97 Å². The van der Waals surface area contributed by atoms with Gasteiger partial charge in [-0.15, -0.1) is 0 Å². The lowest BCUT2D eigenvalue weighted by molar-refractivity contribution is 0.0526. The molecule has 0 radical (unpaired) electrons. The minimum atomic E-state index is -0.308. The lowest BCUT2D eigenvalue weighted by Gasteiger charge is -2.14. The number of carbonyl (C=O) groups excluding carboxylic acids is 1. The highest BCUT2D eigenvalue weighted by atomic mass is 16.5. The molecule has 3 nitrogen and oxygen atoms in total. The van der Waals surface area contributed by atoms with E-state index in [9.17, 15) is 4.79 Å². The van der Waals surface area contributed by atoms with E-state index in [2.05, 4.69) is 26.0 Å². The molecule has 0 unspecified atom stereocenters. The summed E-state index contributed by atoms with van der Waals surface area (Å²) in [6.45, 7) is 6.54. The van der Waals surface area contributed by atoms with Crippen LogP contribution in [0, 0.1) is 6.92 Å². The summed E-state index contributed by atoms with van der Waals surface area (Å²) < 4.78 is 10.9. The van der Waals surface area contributed by atoms with E-state index in [1.165, 1.54) is 18.4 Å². The van der Waals surface area contributed by atoms with Crippen molar-refractivity contribution < 1.29 is 14.3 Å². The molecule has 0 heterocycles. The van der Waals surface area contributed by atoms with Gasteiger partial charge in [-0.2, -0.15) is 0 Å². The van der Waals surface area contributed by atoms with Crippen LogP contribution in [0.15, 0.2) is 42.5 Å². The van der Waals surface area contributed by atoms with Crippen molar-refractivity contribution in [2.75, 3.05) is 6.61 Å². The van der Waals surface area contributed by atoms with Crippen molar-refractivity contribution in [3.8, 4) is 11.5 Å². The molecule has 1 fully saturated rings. The van der Waals surface area contributed by atoms with Gasteiger partial charge in [-0.3, -0.25) is 0 Å². The van der Waals surface area contributed by atoms with Gasteiger partial charge in [0.15, 0.2) is 0 Å². The van der Waals surface area contributed by atoms with Crippen LogP contribution in [-0.4, -0.2) is 12.6 Å². The van der Waals surface area contributed by atoms with E-state index in [0.29, 0.717) is 23.3 Å². The van der Waals surface area contributed by atoms with Gasteiger partial charge in [0.2, 0.25) is 0 Å². The average Bonchev–Trinajstić information content (AvgIpc) is 3.29. The highest BCUT2D eigenvalue weighted by molar-refractivity contribution is 5.89. The van der Waals surface area contributed by atoms with E-state index in [0.717, 1.165) is 11.3 Å². The maximum Gasteiger partial charge on any atom is 0.338 e. The maximum absolute atomic E-state index is 11.6. The Balaban J connectivity index is 1.73. The minimum Gasteiger partial charge on any atom is -0.462 e. The summed E-state index contributed by atoms with van der Waals surface area (Å²) in [6, 6.07) is 13.4. The van der Waals surface area contributed by atoms with Crippen LogP contribution in [0.5, 0.6) is 11.5 Å². The van der Waals surface area contributed by atoms with Crippen molar-refractivity contribution in [3.63, 3.8) is 0 Å². The molecule has 1 saturated carbocycles. The van der Waals surface area contributed by atoms with E-state index < -0.39 is 0 Å². The molecule has 0 aromatic heterocycles. The monoisotopic (exact) mass is 310 g/mol. The largest absolute Gasteiger partial charge is 0.462 e. The van der Waals surface area contributed by atoms with Crippen molar-refractivity contribution >= 4 is 5.97 Å². The van der Waals surface area contributed by atoms with Crippen molar-refractivity contribution in [1.29, 1.82) is 0 Å². The second-order valence-corrected chi connectivity index (χ2v) is 6.39. The van der Waals surface area contributed by atoms with E-state index in [1.54, 1.807) is 31.2 Å². The first-order valence-corrected chi connectivity index (χ1v) is 8.08. The lowest BCUT2D eigenvalue weighted by Crippen LogP contribution is -2.04. The van der Waals surface area contributed by atoms with Crippen molar-refractivity contribution in [3.05, 3.63) is 59.2 Å². The van der Waals surface area contributed by atoms with Crippen molar-refractivity contribution in [2.24, 2.45) is 0 Å². The molecule has 0 saturated heterocycles. The van der Waals surface area contributed by atoms with Gasteiger partial charge < -0.3 is 9.47 Å². The number of esters is 1. The number of hydrogen-bond donors (Lipinski definition) is 0. The Kier molecular flexibility index (Phi) is 4.12. The first-order valence-electron chi connectivity index (χ1n) is 8.08. The standard InChI is InChI=1S/C20H22O3/c1-4-22-19(21)15-5-8-17(9-6-15)23-18-10-7-16(13-14(18)2)20(3)11-12-20/h5-10,13H,4,11-12H2,1-3H3. The molecule has 2 aromatic rings. The van der Waals surface area contributed by atoms with Crippen LogP contribution in [0.1, 0.15) is 48.2 Å². The van der Waals surface area contributed by atoms with Crippen LogP contribution in [0.4, 0.5) is 0 Å². The number of carbonyl (C=O) groups is 1. The Morgan fingerprint density at radius 1 is 1.13 bits per heavy atom. The third-order valence-electron chi connectivity index (χ3n) is 4.47. The van der Waals surface area contributed by atoms with Crippen LogP contribution in [0.3, 0.4) is 0 Å². The molecule has 23 heavy (non-hydrogen) atoms. The van der Waals surface area contributed by atoms with Crippen LogP contribution < -0.4 is 4.74 Å². The van der Waals surface area contributed by atoms with Crippen LogP contribution in [-0.2, 0) is 10.2 Å². The number of benzene rings is 2. The summed E-state index contributed by atoms with van der Waals surface area (Å²) in [7, 11) is 0. The zero-order valence-corrected chi connectivity index (χ0v) is 13.9. The lowest BCUT2D eigenvalue weighted by atomic mass is 9.96. The second-order valence-electron chi connectivity index (χ2n) is 6.39. The molecule has 0 atom stereocenters. The highest BCUT2D eigenvalue weighted by Crippen LogP contribution is 2.48. The first kappa shape index (κ1) is 15.6. The second kappa shape index (κ2) is 6.07. The topological polar surface area (TPSA) is 35.5 Å². The number of ether oxygens (including phenoxy) is 2. The Labute approximate surface area is 137 Å². The van der Waals surface area contributed by atoms with Gasteiger partial charge in [-0.25, -0.2) is 4.79 Å². The van der Waals surface area contributed by atoms with Gasteiger partial charge in [-0.05, 0) is 73.6 Å². The van der Waals surface area contributed by atoms with Crippen LogP contribution in [0.25, 0.3) is 0 Å². The van der Waals surface area contributed by atoms with Crippen molar-refractivity contribution in [1.82, 2.24) is 0 Å². The third kappa shape index (κ3) is 3.39. The van der Waals surface area contributed by atoms with Crippen molar-refractivity contribution in [2.45, 2.75) is 39.0 Å². The molecule has 120 valence electrons. The summed E-state index contributed by atoms with van der Waals surface area (Å²) in [5.41, 5.74) is 3.42. The van der Waals surface area contributed by atoms with E-state index in [4.69, 9.17) is 9.47 Å². The van der Waals surface area contributed by atoms with Gasteiger partial charge in [0, 0.05) is 0 Å². The summed E-state index contributed by atoms with van der Waals surface area (Å²) in [5, 5.41) is 0. The highest BCUT2D eigenvalue weighted by Gasteiger charge is 2.39. The molecule has 3 heteroatoms. The molecule has 2 aromatic carbocycles.